The molecule has 0 saturated carbocycles. The van der Waals surface area contributed by atoms with E-state index >= 15 is 0 Å². The molecule has 0 saturated heterocycles. The van der Waals surface area contributed by atoms with E-state index in [1.807, 2.05) is 62.4 Å². The highest BCUT2D eigenvalue weighted by molar-refractivity contribution is 6.33. The zero-order valence-corrected chi connectivity index (χ0v) is 16.8. The van der Waals surface area contributed by atoms with Crippen LogP contribution in [0.15, 0.2) is 65.1 Å². The van der Waals surface area contributed by atoms with Crippen LogP contribution in [-0.2, 0) is 6.54 Å². The average molecular weight is 407 g/mol. The van der Waals surface area contributed by atoms with Crippen molar-refractivity contribution < 1.29 is 9.21 Å². The summed E-state index contributed by atoms with van der Waals surface area (Å²) in [5.41, 5.74) is 1.82. The third-order valence-corrected chi connectivity index (χ3v) is 4.91. The lowest BCUT2D eigenvalue weighted by atomic mass is 10.2. The third-order valence-electron chi connectivity index (χ3n) is 4.58. The van der Waals surface area contributed by atoms with Crippen LogP contribution in [0.25, 0.3) is 22.4 Å². The number of carbonyl (C=O) groups is 1. The lowest BCUT2D eigenvalue weighted by Gasteiger charge is -2.24. The molecule has 4 aromatic rings. The van der Waals surface area contributed by atoms with Crippen molar-refractivity contribution in [3.05, 3.63) is 77.3 Å². The number of halogens is 1. The van der Waals surface area contributed by atoms with Crippen LogP contribution in [0.5, 0.6) is 0 Å². The summed E-state index contributed by atoms with van der Waals surface area (Å²) in [6, 6.07) is 18.5. The number of hydrogen-bond donors (Lipinski definition) is 0. The Bertz CT molecular complexity index is 1170. The van der Waals surface area contributed by atoms with Crippen molar-refractivity contribution in [1.82, 2.24) is 20.1 Å². The Morgan fingerprint density at radius 3 is 2.59 bits per heavy atom. The number of nitrogens with zero attached hydrogens (tertiary/aromatic N) is 4. The minimum absolute atomic E-state index is 0.0774. The zero-order valence-electron chi connectivity index (χ0n) is 16.0. The molecule has 0 aliphatic rings. The molecule has 0 N–H and O–H groups in total. The Kier molecular flexibility index (Phi) is 5.27. The number of aromatic nitrogens is 3. The molecule has 0 aliphatic carbocycles. The van der Waals surface area contributed by atoms with Gasteiger partial charge in [0, 0.05) is 11.4 Å². The van der Waals surface area contributed by atoms with Crippen molar-refractivity contribution in [1.29, 1.82) is 0 Å². The third kappa shape index (κ3) is 3.98. The van der Waals surface area contributed by atoms with Gasteiger partial charge in [0.2, 0.25) is 11.8 Å². The minimum atomic E-state index is -0.191. The summed E-state index contributed by atoms with van der Waals surface area (Å²) in [6.45, 7) is 4.05. The second kappa shape index (κ2) is 8.01. The molecule has 4 rings (SSSR count). The topological polar surface area (TPSA) is 72.1 Å². The fraction of sp³-hybridized carbons (Fsp3) is 0.182. The highest BCUT2D eigenvalue weighted by Crippen LogP contribution is 2.26. The highest BCUT2D eigenvalue weighted by Gasteiger charge is 2.23. The minimum Gasteiger partial charge on any atom is -0.419 e. The number of rotatable bonds is 5. The maximum Gasteiger partial charge on any atom is 0.273 e. The quantitative estimate of drug-likeness (QED) is 0.467. The summed E-state index contributed by atoms with van der Waals surface area (Å²) in [5.74, 6) is 0.469. The Balaban J connectivity index is 1.59. The van der Waals surface area contributed by atoms with Gasteiger partial charge in [-0.3, -0.25) is 4.79 Å². The van der Waals surface area contributed by atoms with E-state index in [0.29, 0.717) is 28.1 Å². The Hall–Kier alpha value is -3.25. The van der Waals surface area contributed by atoms with Gasteiger partial charge in [0.1, 0.15) is 5.69 Å². The van der Waals surface area contributed by atoms with Crippen LogP contribution in [0.4, 0.5) is 0 Å². The van der Waals surface area contributed by atoms with Gasteiger partial charge >= 0.3 is 0 Å². The molecule has 0 fully saturated rings. The maximum absolute atomic E-state index is 13.1. The predicted octanol–water partition coefficient (Wildman–Crippen LogP) is 4.99. The van der Waals surface area contributed by atoms with Gasteiger partial charge < -0.3 is 9.32 Å². The lowest BCUT2D eigenvalue weighted by molar-refractivity contribution is 0.0667. The molecule has 0 aliphatic heterocycles. The molecular weight excluding hydrogens is 388 g/mol. The molecule has 2 aromatic carbocycles. The van der Waals surface area contributed by atoms with Gasteiger partial charge in [0.25, 0.3) is 5.91 Å². The Morgan fingerprint density at radius 2 is 1.79 bits per heavy atom. The van der Waals surface area contributed by atoms with Crippen molar-refractivity contribution in [3.63, 3.8) is 0 Å². The van der Waals surface area contributed by atoms with Crippen molar-refractivity contribution in [2.45, 2.75) is 26.4 Å². The molecule has 2 heterocycles. The summed E-state index contributed by atoms with van der Waals surface area (Å²) < 4.78 is 5.77. The summed E-state index contributed by atoms with van der Waals surface area (Å²) in [5, 5.41) is 9.69. The summed E-state index contributed by atoms with van der Waals surface area (Å²) in [4.78, 5) is 19.3. The highest BCUT2D eigenvalue weighted by atomic mass is 35.5. The molecular formula is C22H19ClN4O2. The number of fused-ring (bicyclic) bond motifs is 1. The molecule has 7 heteroatoms. The molecule has 0 unspecified atom stereocenters. The largest absolute Gasteiger partial charge is 0.419 e. The molecule has 29 heavy (non-hydrogen) atoms. The van der Waals surface area contributed by atoms with E-state index in [2.05, 4.69) is 15.2 Å². The first-order chi connectivity index (χ1) is 14.0. The van der Waals surface area contributed by atoms with E-state index in [4.69, 9.17) is 16.0 Å². The first-order valence-electron chi connectivity index (χ1n) is 9.27. The van der Waals surface area contributed by atoms with Crippen molar-refractivity contribution in [2.75, 3.05) is 0 Å². The van der Waals surface area contributed by atoms with Gasteiger partial charge in [0.15, 0.2) is 0 Å². The molecule has 1 amide bonds. The van der Waals surface area contributed by atoms with Crippen LogP contribution < -0.4 is 0 Å². The smallest absolute Gasteiger partial charge is 0.273 e. The summed E-state index contributed by atoms with van der Waals surface area (Å²) >= 11 is 6.20. The second-order valence-corrected chi connectivity index (χ2v) is 7.30. The van der Waals surface area contributed by atoms with Crippen LogP contribution in [-0.4, -0.2) is 32.0 Å². The van der Waals surface area contributed by atoms with Gasteiger partial charge in [-0.1, -0.05) is 48.0 Å². The number of pyridine rings is 1. The normalized spacial score (nSPS) is 11.2. The Labute approximate surface area is 173 Å². The molecule has 0 spiro atoms. The summed E-state index contributed by atoms with van der Waals surface area (Å²) in [7, 11) is 0. The van der Waals surface area contributed by atoms with Gasteiger partial charge in [-0.2, -0.15) is 0 Å². The number of benzene rings is 2. The van der Waals surface area contributed by atoms with Gasteiger partial charge in [0.05, 0.1) is 22.6 Å². The average Bonchev–Trinajstić information content (AvgIpc) is 3.20. The van der Waals surface area contributed by atoms with Gasteiger partial charge in [-0.15, -0.1) is 10.2 Å². The van der Waals surface area contributed by atoms with Crippen LogP contribution in [0, 0.1) is 0 Å². The molecule has 146 valence electrons. The van der Waals surface area contributed by atoms with E-state index in [-0.39, 0.29) is 18.5 Å². The first kappa shape index (κ1) is 19.1. The molecule has 0 radical (unpaired) electrons. The van der Waals surface area contributed by atoms with E-state index in [1.165, 1.54) is 0 Å². The summed E-state index contributed by atoms with van der Waals surface area (Å²) in [6.07, 6.45) is 0. The first-order valence-corrected chi connectivity index (χ1v) is 9.65. The fourth-order valence-electron chi connectivity index (χ4n) is 3.03. The predicted molar refractivity (Wildman–Crippen MR) is 111 cm³/mol. The van der Waals surface area contributed by atoms with E-state index in [1.54, 1.807) is 17.0 Å². The van der Waals surface area contributed by atoms with Crippen LogP contribution in [0.2, 0.25) is 5.02 Å². The zero-order chi connectivity index (χ0) is 20.4. The Morgan fingerprint density at radius 1 is 1.03 bits per heavy atom. The van der Waals surface area contributed by atoms with Crippen molar-refractivity contribution in [2.24, 2.45) is 0 Å². The van der Waals surface area contributed by atoms with Crippen LogP contribution in [0.3, 0.4) is 0 Å². The number of para-hydroxylation sites is 1. The van der Waals surface area contributed by atoms with Crippen LogP contribution >= 0.6 is 11.6 Å². The molecule has 6 nitrogen and oxygen atoms in total. The van der Waals surface area contributed by atoms with Crippen molar-refractivity contribution >= 4 is 28.4 Å². The monoisotopic (exact) mass is 406 g/mol. The molecule has 0 atom stereocenters. The van der Waals surface area contributed by atoms with Gasteiger partial charge in [-0.25, -0.2) is 4.98 Å². The second-order valence-electron chi connectivity index (χ2n) is 6.90. The number of hydrogen-bond acceptors (Lipinski definition) is 5. The fourth-order valence-corrected chi connectivity index (χ4v) is 3.24. The van der Waals surface area contributed by atoms with Crippen LogP contribution in [0.1, 0.15) is 30.2 Å². The van der Waals surface area contributed by atoms with E-state index in [9.17, 15) is 4.79 Å². The maximum atomic E-state index is 13.1. The van der Waals surface area contributed by atoms with Gasteiger partial charge in [-0.05, 0) is 38.1 Å². The standard InChI is InChI=1S/C22H19ClN4O2/c1-14(2)27(22(28)19-12-11-15-7-3-6-10-18(15)24-19)13-20-25-26-21(29-20)16-8-4-5-9-17(16)23/h3-12,14H,13H2,1-2H3. The lowest BCUT2D eigenvalue weighted by Crippen LogP contribution is -2.37. The number of amides is 1. The SMILES string of the molecule is CC(C)N(Cc1nnc(-c2ccccc2Cl)o1)C(=O)c1ccc2ccccc2n1. The molecule has 2 aromatic heterocycles. The number of carbonyl (C=O) groups excluding carboxylic acids is 1. The van der Waals surface area contributed by atoms with Crippen molar-refractivity contribution in [3.8, 4) is 11.5 Å². The van der Waals surface area contributed by atoms with E-state index < -0.39 is 0 Å². The molecule has 0 bridgehead atoms. The van der Waals surface area contributed by atoms with E-state index in [0.717, 1.165) is 10.9 Å².